The topological polar surface area (TPSA) is 72.6 Å². The molecule has 1 aliphatic heterocycles. The number of ether oxygens (including phenoxy) is 1. The van der Waals surface area contributed by atoms with E-state index >= 15 is 0 Å². The van der Waals surface area contributed by atoms with Crippen LogP contribution in [0.5, 0.6) is 11.5 Å². The molecule has 0 amide bonds. The van der Waals surface area contributed by atoms with Gasteiger partial charge in [0.15, 0.2) is 0 Å². The fraction of sp³-hybridized carbons (Fsp3) is 0.0667. The highest BCUT2D eigenvalue weighted by molar-refractivity contribution is 5.62. The maximum Gasteiger partial charge on any atom is 0.291 e. The molecule has 0 saturated heterocycles. The molecule has 100 valence electrons. The number of para-hydroxylation sites is 1. The summed E-state index contributed by atoms with van der Waals surface area (Å²) in [5.74, 6) is 0.716. The fourth-order valence-electron chi connectivity index (χ4n) is 2.17. The lowest BCUT2D eigenvalue weighted by molar-refractivity contribution is -0.434. The summed E-state index contributed by atoms with van der Waals surface area (Å²) in [5, 5.41) is 20.5. The van der Waals surface area contributed by atoms with Crippen LogP contribution in [0.15, 0.2) is 54.2 Å². The van der Waals surface area contributed by atoms with Crippen LogP contribution in [0.3, 0.4) is 0 Å². The molecule has 0 unspecified atom stereocenters. The van der Waals surface area contributed by atoms with Gasteiger partial charge in [0, 0.05) is 17.2 Å². The standard InChI is InChI=1S/C15H11NO4/c17-12-7-5-10(6-8-12)15-13(16(18)19)9-11-3-1-2-4-14(11)20-15/h1-9,15,17H/t15-/m1/s1. The lowest BCUT2D eigenvalue weighted by Crippen LogP contribution is -2.19. The number of benzene rings is 2. The highest BCUT2D eigenvalue weighted by atomic mass is 16.6. The van der Waals surface area contributed by atoms with Crippen LogP contribution in [0.2, 0.25) is 0 Å². The van der Waals surface area contributed by atoms with E-state index in [1.165, 1.54) is 18.2 Å². The molecular formula is C15H11NO4. The lowest BCUT2D eigenvalue weighted by Gasteiger charge is -2.22. The van der Waals surface area contributed by atoms with Gasteiger partial charge in [0.05, 0.1) is 4.92 Å². The van der Waals surface area contributed by atoms with Crippen LogP contribution in [0.4, 0.5) is 0 Å². The normalized spacial score (nSPS) is 16.8. The summed E-state index contributed by atoms with van der Waals surface area (Å²) in [6.07, 6.45) is 0.747. The van der Waals surface area contributed by atoms with E-state index in [-0.39, 0.29) is 11.4 Å². The average Bonchev–Trinajstić information content (AvgIpc) is 2.46. The highest BCUT2D eigenvalue weighted by Gasteiger charge is 2.32. The van der Waals surface area contributed by atoms with E-state index in [1.807, 2.05) is 6.07 Å². The van der Waals surface area contributed by atoms with Crippen molar-refractivity contribution in [3.8, 4) is 11.5 Å². The lowest BCUT2D eigenvalue weighted by atomic mass is 10.0. The molecule has 0 bridgehead atoms. The summed E-state index contributed by atoms with van der Waals surface area (Å²) in [4.78, 5) is 10.8. The first kappa shape index (κ1) is 12.2. The molecule has 2 aromatic carbocycles. The Morgan fingerprint density at radius 3 is 2.50 bits per heavy atom. The third-order valence-corrected chi connectivity index (χ3v) is 3.14. The van der Waals surface area contributed by atoms with E-state index in [9.17, 15) is 15.2 Å². The molecule has 0 aromatic heterocycles. The maximum absolute atomic E-state index is 11.2. The van der Waals surface area contributed by atoms with Crippen molar-refractivity contribution < 1.29 is 14.8 Å². The van der Waals surface area contributed by atoms with Crippen molar-refractivity contribution in [3.05, 3.63) is 75.5 Å². The van der Waals surface area contributed by atoms with Crippen molar-refractivity contribution >= 4 is 6.08 Å². The van der Waals surface area contributed by atoms with Crippen molar-refractivity contribution in [2.45, 2.75) is 6.10 Å². The minimum absolute atomic E-state index is 0.0191. The first-order valence-electron chi connectivity index (χ1n) is 6.06. The molecule has 0 fully saturated rings. The summed E-state index contributed by atoms with van der Waals surface area (Å²) in [5.41, 5.74) is 1.30. The largest absolute Gasteiger partial charge is 0.508 e. The van der Waals surface area contributed by atoms with Gasteiger partial charge < -0.3 is 9.84 Å². The Bertz CT molecular complexity index is 691. The molecule has 0 saturated carbocycles. The molecule has 0 aliphatic carbocycles. The Morgan fingerprint density at radius 2 is 1.80 bits per heavy atom. The zero-order valence-corrected chi connectivity index (χ0v) is 10.4. The van der Waals surface area contributed by atoms with Gasteiger partial charge in [-0.15, -0.1) is 0 Å². The Kier molecular flexibility index (Phi) is 2.87. The van der Waals surface area contributed by atoms with Crippen molar-refractivity contribution in [3.63, 3.8) is 0 Å². The number of phenols is 1. The smallest absolute Gasteiger partial charge is 0.291 e. The highest BCUT2D eigenvalue weighted by Crippen LogP contribution is 2.37. The van der Waals surface area contributed by atoms with E-state index < -0.39 is 11.0 Å². The van der Waals surface area contributed by atoms with Crippen LogP contribution in [0.1, 0.15) is 17.2 Å². The molecule has 1 aliphatic rings. The molecule has 0 spiro atoms. The third-order valence-electron chi connectivity index (χ3n) is 3.14. The van der Waals surface area contributed by atoms with Gasteiger partial charge in [-0.1, -0.05) is 30.3 Å². The molecule has 2 aromatic rings. The molecular weight excluding hydrogens is 258 g/mol. The van der Waals surface area contributed by atoms with Crippen molar-refractivity contribution in [1.29, 1.82) is 0 Å². The van der Waals surface area contributed by atoms with Crippen molar-refractivity contribution in [2.24, 2.45) is 0 Å². The molecule has 1 N–H and O–H groups in total. The minimum atomic E-state index is -0.777. The zero-order chi connectivity index (χ0) is 14.1. The van der Waals surface area contributed by atoms with Gasteiger partial charge in [0.1, 0.15) is 11.5 Å². The average molecular weight is 269 g/mol. The Balaban J connectivity index is 2.08. The molecule has 1 heterocycles. The summed E-state index contributed by atoms with van der Waals surface area (Å²) in [6.45, 7) is 0. The second-order valence-electron chi connectivity index (χ2n) is 4.45. The van der Waals surface area contributed by atoms with Crippen LogP contribution in [-0.4, -0.2) is 10.0 Å². The Morgan fingerprint density at radius 1 is 1.10 bits per heavy atom. The van der Waals surface area contributed by atoms with Crippen LogP contribution < -0.4 is 4.74 Å². The second-order valence-corrected chi connectivity index (χ2v) is 4.45. The van der Waals surface area contributed by atoms with Gasteiger partial charge in [-0.3, -0.25) is 10.1 Å². The van der Waals surface area contributed by atoms with Gasteiger partial charge in [-0.25, -0.2) is 0 Å². The number of nitro groups is 1. The Labute approximate surface area is 114 Å². The van der Waals surface area contributed by atoms with Gasteiger partial charge >= 0.3 is 0 Å². The molecule has 5 heteroatoms. The molecule has 20 heavy (non-hydrogen) atoms. The second kappa shape index (κ2) is 4.70. The number of phenolic OH excluding ortho intramolecular Hbond substituents is 1. The predicted molar refractivity (Wildman–Crippen MR) is 72.9 cm³/mol. The van der Waals surface area contributed by atoms with E-state index in [2.05, 4.69) is 0 Å². The van der Waals surface area contributed by atoms with E-state index in [0.29, 0.717) is 16.9 Å². The van der Waals surface area contributed by atoms with E-state index in [4.69, 9.17) is 4.74 Å². The van der Waals surface area contributed by atoms with Crippen LogP contribution in [0.25, 0.3) is 6.08 Å². The van der Waals surface area contributed by atoms with Crippen LogP contribution in [0, 0.1) is 10.1 Å². The van der Waals surface area contributed by atoms with Gasteiger partial charge in [-0.2, -0.15) is 0 Å². The first-order valence-corrected chi connectivity index (χ1v) is 6.06. The Hall–Kier alpha value is -2.82. The van der Waals surface area contributed by atoms with E-state index in [1.54, 1.807) is 30.3 Å². The van der Waals surface area contributed by atoms with Gasteiger partial charge in [0.25, 0.3) is 5.70 Å². The van der Waals surface area contributed by atoms with Gasteiger partial charge in [0.2, 0.25) is 6.10 Å². The quantitative estimate of drug-likeness (QED) is 0.671. The number of hydrogen-bond acceptors (Lipinski definition) is 4. The maximum atomic E-state index is 11.2. The first-order chi connectivity index (χ1) is 9.65. The summed E-state index contributed by atoms with van der Waals surface area (Å²) < 4.78 is 5.74. The zero-order valence-electron chi connectivity index (χ0n) is 10.4. The van der Waals surface area contributed by atoms with Crippen LogP contribution >= 0.6 is 0 Å². The molecule has 1 atom stereocenters. The van der Waals surface area contributed by atoms with Crippen LogP contribution in [-0.2, 0) is 0 Å². The summed E-state index contributed by atoms with van der Waals surface area (Å²) in [7, 11) is 0. The number of fused-ring (bicyclic) bond motifs is 1. The molecule has 0 radical (unpaired) electrons. The molecule has 5 nitrogen and oxygen atoms in total. The van der Waals surface area contributed by atoms with Crippen molar-refractivity contribution in [2.75, 3.05) is 0 Å². The predicted octanol–water partition coefficient (Wildman–Crippen LogP) is 3.14. The number of aromatic hydroxyl groups is 1. The van der Waals surface area contributed by atoms with Gasteiger partial charge in [-0.05, 0) is 18.2 Å². The van der Waals surface area contributed by atoms with E-state index in [0.717, 1.165) is 0 Å². The number of hydrogen-bond donors (Lipinski definition) is 1. The number of nitrogens with zero attached hydrogens (tertiary/aromatic N) is 1. The van der Waals surface area contributed by atoms with Crippen molar-refractivity contribution in [1.82, 2.24) is 0 Å². The summed E-state index contributed by atoms with van der Waals surface area (Å²) >= 11 is 0. The fourth-order valence-corrected chi connectivity index (χ4v) is 2.17. The number of rotatable bonds is 2. The third kappa shape index (κ3) is 2.09. The SMILES string of the molecule is O=[N+]([O-])C1=Cc2ccccc2O[C@@H]1c1ccc(O)cc1. The molecule has 3 rings (SSSR count). The summed E-state index contributed by atoms with van der Waals surface area (Å²) in [6, 6.07) is 13.4. The minimum Gasteiger partial charge on any atom is -0.508 e. The monoisotopic (exact) mass is 269 g/mol.